The summed E-state index contributed by atoms with van der Waals surface area (Å²) in [5, 5.41) is 6.43. The Morgan fingerprint density at radius 3 is 2.81 bits per heavy atom. The summed E-state index contributed by atoms with van der Waals surface area (Å²) in [6.07, 6.45) is -0.545. The van der Waals surface area contributed by atoms with Crippen LogP contribution in [0.25, 0.3) is 0 Å². The van der Waals surface area contributed by atoms with E-state index in [4.69, 9.17) is 16.3 Å². The predicted molar refractivity (Wildman–Crippen MR) is 83.6 cm³/mol. The third-order valence-corrected chi connectivity index (χ3v) is 3.31. The quantitative estimate of drug-likeness (QED) is 0.724. The van der Waals surface area contributed by atoms with Gasteiger partial charge in [0.15, 0.2) is 0 Å². The van der Waals surface area contributed by atoms with Gasteiger partial charge in [0.1, 0.15) is 0 Å². The van der Waals surface area contributed by atoms with Crippen LogP contribution in [0, 0.1) is 5.92 Å². The first-order valence-corrected chi connectivity index (χ1v) is 7.29. The fourth-order valence-corrected chi connectivity index (χ4v) is 2.31. The van der Waals surface area contributed by atoms with Gasteiger partial charge in [-0.1, -0.05) is 30.7 Å². The standard InChI is InChI=1S/C15H23ClN2O3/c1-11(10-17-2)14(12-5-4-6-13(16)9-12)21-8-7-18-15(19)20-3/h4-6,9,11,14,17H,7-8,10H2,1-3H3,(H,18,19)/t11-,14-/m1/s1. The zero-order valence-electron chi connectivity index (χ0n) is 12.7. The van der Waals surface area contributed by atoms with E-state index in [1.807, 2.05) is 31.3 Å². The minimum absolute atomic E-state index is 0.0874. The predicted octanol–water partition coefficient (Wildman–Crippen LogP) is 2.61. The lowest BCUT2D eigenvalue weighted by Crippen LogP contribution is -2.29. The van der Waals surface area contributed by atoms with Crippen LogP contribution in [-0.2, 0) is 9.47 Å². The van der Waals surface area contributed by atoms with Gasteiger partial charge in [-0.05, 0) is 30.7 Å². The lowest BCUT2D eigenvalue weighted by atomic mass is 9.97. The van der Waals surface area contributed by atoms with Crippen molar-refractivity contribution in [2.24, 2.45) is 5.92 Å². The molecule has 0 saturated heterocycles. The second-order valence-corrected chi connectivity index (χ2v) is 5.24. The highest BCUT2D eigenvalue weighted by molar-refractivity contribution is 6.30. The molecule has 0 unspecified atom stereocenters. The monoisotopic (exact) mass is 314 g/mol. The lowest BCUT2D eigenvalue weighted by molar-refractivity contribution is 0.0182. The van der Waals surface area contributed by atoms with Gasteiger partial charge in [0, 0.05) is 18.1 Å². The summed E-state index contributed by atoms with van der Waals surface area (Å²) in [7, 11) is 3.24. The van der Waals surface area contributed by atoms with Crippen LogP contribution >= 0.6 is 11.6 Å². The molecule has 0 spiro atoms. The van der Waals surface area contributed by atoms with Gasteiger partial charge in [-0.25, -0.2) is 4.79 Å². The van der Waals surface area contributed by atoms with Crippen LogP contribution in [0.1, 0.15) is 18.6 Å². The Hall–Kier alpha value is -1.30. The Morgan fingerprint density at radius 1 is 1.43 bits per heavy atom. The summed E-state index contributed by atoms with van der Waals surface area (Å²) in [5.74, 6) is 0.270. The summed E-state index contributed by atoms with van der Waals surface area (Å²) in [6.45, 7) is 3.73. The van der Waals surface area contributed by atoms with E-state index in [0.717, 1.165) is 12.1 Å². The third kappa shape index (κ3) is 6.33. The molecule has 0 bridgehead atoms. The van der Waals surface area contributed by atoms with Gasteiger partial charge in [0.2, 0.25) is 0 Å². The maximum Gasteiger partial charge on any atom is 0.406 e. The van der Waals surface area contributed by atoms with E-state index < -0.39 is 6.09 Å². The van der Waals surface area contributed by atoms with Crippen LogP contribution in [-0.4, -0.2) is 39.9 Å². The minimum Gasteiger partial charge on any atom is -0.453 e. The largest absolute Gasteiger partial charge is 0.453 e. The Morgan fingerprint density at radius 2 is 2.19 bits per heavy atom. The minimum atomic E-state index is -0.457. The number of carbonyl (C=O) groups excluding carboxylic acids is 1. The zero-order valence-corrected chi connectivity index (χ0v) is 13.4. The van der Waals surface area contributed by atoms with Crippen molar-refractivity contribution in [3.8, 4) is 0 Å². The molecule has 2 N–H and O–H groups in total. The van der Waals surface area contributed by atoms with Gasteiger partial charge in [-0.2, -0.15) is 0 Å². The van der Waals surface area contributed by atoms with E-state index in [1.54, 1.807) is 0 Å². The molecule has 6 heteroatoms. The van der Waals surface area contributed by atoms with Crippen molar-refractivity contribution in [1.29, 1.82) is 0 Å². The molecule has 5 nitrogen and oxygen atoms in total. The van der Waals surface area contributed by atoms with Crippen molar-refractivity contribution in [3.05, 3.63) is 34.9 Å². The fourth-order valence-electron chi connectivity index (χ4n) is 2.11. The smallest absolute Gasteiger partial charge is 0.406 e. The first kappa shape index (κ1) is 17.8. The van der Waals surface area contributed by atoms with Gasteiger partial charge in [0.05, 0.1) is 19.8 Å². The summed E-state index contributed by atoms with van der Waals surface area (Å²) in [6, 6.07) is 7.65. The van der Waals surface area contributed by atoms with Gasteiger partial charge < -0.3 is 20.1 Å². The average Bonchev–Trinajstić information content (AvgIpc) is 2.47. The van der Waals surface area contributed by atoms with E-state index in [0.29, 0.717) is 18.2 Å². The number of carbonyl (C=O) groups is 1. The number of rotatable bonds is 8. The van der Waals surface area contributed by atoms with E-state index >= 15 is 0 Å². The molecule has 1 aromatic carbocycles. The van der Waals surface area contributed by atoms with Gasteiger partial charge in [-0.15, -0.1) is 0 Å². The van der Waals surface area contributed by atoms with Crippen molar-refractivity contribution in [2.45, 2.75) is 13.0 Å². The van der Waals surface area contributed by atoms with E-state index in [-0.39, 0.29) is 12.0 Å². The lowest BCUT2D eigenvalue weighted by Gasteiger charge is -2.25. The van der Waals surface area contributed by atoms with Crippen LogP contribution in [0.4, 0.5) is 4.79 Å². The number of alkyl carbamates (subject to hydrolysis) is 1. The molecule has 0 aliphatic rings. The van der Waals surface area contributed by atoms with Crippen molar-refractivity contribution in [3.63, 3.8) is 0 Å². The molecule has 0 fully saturated rings. The third-order valence-electron chi connectivity index (χ3n) is 3.07. The Labute approximate surface area is 131 Å². The van der Waals surface area contributed by atoms with Gasteiger partial charge >= 0.3 is 6.09 Å². The molecule has 1 rings (SSSR count). The highest BCUT2D eigenvalue weighted by atomic mass is 35.5. The molecule has 0 aliphatic carbocycles. The first-order valence-electron chi connectivity index (χ1n) is 6.92. The summed E-state index contributed by atoms with van der Waals surface area (Å²) >= 11 is 6.05. The van der Waals surface area contributed by atoms with Crippen LogP contribution in [0.15, 0.2) is 24.3 Å². The highest BCUT2D eigenvalue weighted by Gasteiger charge is 2.20. The van der Waals surface area contributed by atoms with Crippen molar-refractivity contribution < 1.29 is 14.3 Å². The molecule has 0 saturated carbocycles. The van der Waals surface area contributed by atoms with Crippen LogP contribution < -0.4 is 10.6 Å². The van der Waals surface area contributed by atoms with E-state index in [9.17, 15) is 4.79 Å². The number of methoxy groups -OCH3 is 1. The topological polar surface area (TPSA) is 59.6 Å². The molecule has 21 heavy (non-hydrogen) atoms. The number of nitrogens with one attached hydrogen (secondary N) is 2. The number of amides is 1. The van der Waals surface area contributed by atoms with E-state index in [2.05, 4.69) is 22.3 Å². The Bertz CT molecular complexity index is 443. The molecular weight excluding hydrogens is 292 g/mol. The molecule has 118 valence electrons. The van der Waals surface area contributed by atoms with Gasteiger partial charge in [-0.3, -0.25) is 0 Å². The fraction of sp³-hybridized carbons (Fsp3) is 0.533. The highest BCUT2D eigenvalue weighted by Crippen LogP contribution is 2.27. The average molecular weight is 315 g/mol. The second-order valence-electron chi connectivity index (χ2n) is 4.80. The van der Waals surface area contributed by atoms with Crippen LogP contribution in [0.2, 0.25) is 5.02 Å². The number of halogens is 1. The van der Waals surface area contributed by atoms with Crippen molar-refractivity contribution >= 4 is 17.7 Å². The van der Waals surface area contributed by atoms with Crippen molar-refractivity contribution in [1.82, 2.24) is 10.6 Å². The number of hydrogen-bond donors (Lipinski definition) is 2. The van der Waals surface area contributed by atoms with E-state index in [1.165, 1.54) is 7.11 Å². The summed E-state index contributed by atoms with van der Waals surface area (Å²) in [4.78, 5) is 11.0. The normalized spacial score (nSPS) is 13.5. The number of hydrogen-bond acceptors (Lipinski definition) is 4. The Kier molecular flexibility index (Phi) is 8.12. The zero-order chi connectivity index (χ0) is 15.7. The molecular formula is C15H23ClN2O3. The van der Waals surface area contributed by atoms with Crippen molar-refractivity contribution in [2.75, 3.05) is 33.9 Å². The molecule has 0 radical (unpaired) electrons. The molecule has 0 aliphatic heterocycles. The number of benzene rings is 1. The molecule has 2 atom stereocenters. The first-order chi connectivity index (χ1) is 10.1. The van der Waals surface area contributed by atoms with Crippen LogP contribution in [0.3, 0.4) is 0 Å². The summed E-state index contributed by atoms with van der Waals surface area (Å²) in [5.41, 5.74) is 1.03. The molecule has 1 amide bonds. The SMILES string of the molecule is CNC[C@@H](C)[C@@H](OCCNC(=O)OC)c1cccc(Cl)c1. The summed E-state index contributed by atoms with van der Waals surface area (Å²) < 4.78 is 10.4. The molecule has 0 heterocycles. The maximum absolute atomic E-state index is 11.0. The van der Waals surface area contributed by atoms with Crippen LogP contribution in [0.5, 0.6) is 0 Å². The van der Waals surface area contributed by atoms with Gasteiger partial charge in [0.25, 0.3) is 0 Å². The molecule has 0 aromatic heterocycles. The number of ether oxygens (including phenoxy) is 2. The molecule has 1 aromatic rings. The maximum atomic E-state index is 11.0. The Balaban J connectivity index is 2.63. The second kappa shape index (κ2) is 9.60.